The molecule has 8 bridgehead atoms. The normalized spacial score (nSPS) is 14.0. The highest BCUT2D eigenvalue weighted by Crippen LogP contribution is 2.30. The number of rotatable bonds is 0. The Morgan fingerprint density at radius 2 is 1.09 bits per heavy atom. The van der Waals surface area contributed by atoms with Crippen LogP contribution in [0.15, 0.2) is 30.3 Å². The molecule has 0 saturated carbocycles. The molecule has 0 aliphatic carbocycles. The minimum absolute atomic E-state index is 0.108. The zero-order chi connectivity index (χ0) is 22.9. The topological polar surface area (TPSA) is 52.3 Å². The zero-order valence-corrected chi connectivity index (χ0v) is 21.4. The molecular weight excluding hydrogens is 580 g/mol. The van der Waals surface area contributed by atoms with E-state index in [0.29, 0.717) is 48.6 Å². The van der Waals surface area contributed by atoms with Crippen molar-refractivity contribution >= 4 is 113 Å². The second-order valence-corrected chi connectivity index (χ2v) is 9.85. The number of hydrogen-bond acceptors (Lipinski definition) is 0. The Hall–Kier alpha value is -1.08. The lowest BCUT2D eigenvalue weighted by molar-refractivity contribution is 1.13. The molecule has 0 radical (unpaired) electrons. The molecule has 0 aromatic carbocycles. The first-order chi connectivity index (χ1) is 15.2. The fraction of sp³-hybridized carbons (Fsp3) is 0. The molecule has 0 unspecified atom stereocenters. The predicted molar refractivity (Wildman–Crippen MR) is 135 cm³/mol. The molecular formula is C20H8Cl8N4. The van der Waals surface area contributed by atoms with Crippen LogP contribution in [0.2, 0.25) is 15.1 Å². The van der Waals surface area contributed by atoms with Crippen molar-refractivity contribution in [3.05, 3.63) is 89.6 Å². The number of nitrogens with one attached hydrogen (secondary N) is 3. The van der Waals surface area contributed by atoms with E-state index in [4.69, 9.17) is 93.0 Å². The Morgan fingerprint density at radius 3 is 1.72 bits per heavy atom. The third kappa shape index (κ3) is 3.44. The molecule has 32 heavy (non-hydrogen) atoms. The lowest BCUT2D eigenvalue weighted by Gasteiger charge is -2.01. The largest absolute Gasteiger partial charge is 0.353 e. The molecule has 4 aromatic heterocycles. The fourth-order valence-electron chi connectivity index (χ4n) is 3.40. The summed E-state index contributed by atoms with van der Waals surface area (Å²) < 4.78 is 1.19. The lowest BCUT2D eigenvalue weighted by atomic mass is 10.3. The van der Waals surface area contributed by atoms with E-state index in [-0.39, 0.29) is 30.8 Å². The monoisotopic (exact) mass is 584 g/mol. The van der Waals surface area contributed by atoms with Crippen LogP contribution in [0.1, 0.15) is 22.8 Å². The molecule has 4 nitrogen and oxygen atoms in total. The molecule has 0 spiro atoms. The lowest BCUT2D eigenvalue weighted by Crippen LogP contribution is -2.23. The first-order valence-corrected chi connectivity index (χ1v) is 11.8. The fourth-order valence-corrected chi connectivity index (χ4v) is 5.90. The highest BCUT2D eigenvalue weighted by atomic mass is 35.5. The van der Waals surface area contributed by atoms with E-state index in [2.05, 4.69) is 15.0 Å². The summed E-state index contributed by atoms with van der Waals surface area (Å²) in [5.74, 6) is 0. The molecule has 0 atom stereocenters. The SMILES string of the molecule is ClC1=c2ccc([nH]2)=C(Cl)c2cc(Cl)c([nH]2)C(Cl)=c2c(Cl)c(Cl)c(n2Cl)=C(Cl)c2ccc1[nH]2. The maximum absolute atomic E-state index is 6.67. The Labute approximate surface area is 220 Å². The molecule has 0 fully saturated rings. The van der Waals surface area contributed by atoms with E-state index in [1.165, 1.54) is 4.09 Å². The maximum atomic E-state index is 6.67. The van der Waals surface area contributed by atoms with Gasteiger partial charge in [-0.15, -0.1) is 0 Å². The van der Waals surface area contributed by atoms with Gasteiger partial charge in [0.1, 0.15) is 0 Å². The van der Waals surface area contributed by atoms with E-state index in [1.54, 1.807) is 30.3 Å². The summed E-state index contributed by atoms with van der Waals surface area (Å²) in [6, 6.07) is 8.76. The number of H-pyrrole nitrogens is 3. The number of aromatic nitrogens is 4. The number of halogens is 8. The van der Waals surface area contributed by atoms with Crippen LogP contribution >= 0.6 is 93.0 Å². The van der Waals surface area contributed by atoms with Crippen LogP contribution in [-0.4, -0.2) is 19.0 Å². The van der Waals surface area contributed by atoms with Gasteiger partial charge in [-0.25, -0.2) is 4.09 Å². The summed E-state index contributed by atoms with van der Waals surface area (Å²) in [6.07, 6.45) is 0. The van der Waals surface area contributed by atoms with Gasteiger partial charge in [-0.05, 0) is 30.3 Å². The van der Waals surface area contributed by atoms with Gasteiger partial charge in [0.15, 0.2) is 0 Å². The van der Waals surface area contributed by atoms with Gasteiger partial charge in [0.05, 0.1) is 79.4 Å². The molecule has 0 amide bonds. The molecule has 164 valence electrons. The van der Waals surface area contributed by atoms with Crippen molar-refractivity contribution in [2.75, 3.05) is 0 Å². The third-order valence-electron chi connectivity index (χ3n) is 4.96. The standard InChI is InChI=1S/C20H8Cl8N4/c21-6-5-11-13(23)9-2-1-7(29-9)12(22)8-3-4-10(30-8)14(24)19-15(25)16(26)20(32(19)28)17(27)18(6)31-11/h1-5,29-31H. The van der Waals surface area contributed by atoms with Crippen molar-refractivity contribution in [1.82, 2.24) is 19.0 Å². The smallest absolute Gasteiger partial charge is 0.0992 e. The van der Waals surface area contributed by atoms with E-state index >= 15 is 0 Å². The zero-order valence-electron chi connectivity index (χ0n) is 15.4. The Morgan fingerprint density at radius 1 is 0.562 bits per heavy atom. The van der Waals surface area contributed by atoms with Crippen LogP contribution in [0, 0.1) is 0 Å². The van der Waals surface area contributed by atoms with Gasteiger partial charge >= 0.3 is 0 Å². The molecule has 4 aromatic rings. The first-order valence-electron chi connectivity index (χ1n) is 8.84. The van der Waals surface area contributed by atoms with E-state index in [0.717, 1.165) is 0 Å². The van der Waals surface area contributed by atoms with Gasteiger partial charge in [0.25, 0.3) is 0 Å². The number of fused-ring (bicyclic) bond motifs is 8. The molecule has 3 N–H and O–H groups in total. The van der Waals surface area contributed by atoms with E-state index < -0.39 is 0 Å². The second-order valence-electron chi connectivity index (χ2n) is 6.84. The van der Waals surface area contributed by atoms with Gasteiger partial charge < -0.3 is 15.0 Å². The summed E-state index contributed by atoms with van der Waals surface area (Å²) in [4.78, 5) is 9.46. The average Bonchev–Trinajstić information content (AvgIpc) is 3.53. The number of aromatic amines is 3. The first kappa shape index (κ1) is 22.7. The van der Waals surface area contributed by atoms with Crippen LogP contribution in [0.5, 0.6) is 0 Å². The highest BCUT2D eigenvalue weighted by Gasteiger charge is 2.21. The van der Waals surface area contributed by atoms with Gasteiger partial charge in [-0.3, -0.25) is 0 Å². The third-order valence-corrected chi connectivity index (χ3v) is 7.99. The van der Waals surface area contributed by atoms with Crippen LogP contribution in [0.4, 0.5) is 0 Å². The van der Waals surface area contributed by atoms with Crippen LogP contribution in [0.3, 0.4) is 0 Å². The van der Waals surface area contributed by atoms with Crippen LogP contribution in [0.25, 0.3) is 20.1 Å². The van der Waals surface area contributed by atoms with Gasteiger partial charge in [0.2, 0.25) is 0 Å². The predicted octanol–water partition coefficient (Wildman–Crippen LogP) is 5.33. The van der Waals surface area contributed by atoms with Crippen molar-refractivity contribution in [2.24, 2.45) is 0 Å². The maximum Gasteiger partial charge on any atom is 0.0992 e. The summed E-state index contributed by atoms with van der Waals surface area (Å²) in [5, 5.41) is 3.40. The van der Waals surface area contributed by atoms with E-state index in [1.807, 2.05) is 0 Å². The quantitative estimate of drug-likeness (QED) is 0.249. The van der Waals surface area contributed by atoms with Gasteiger partial charge in [-0.2, -0.15) is 0 Å². The molecule has 5 rings (SSSR count). The molecule has 5 heterocycles. The molecule has 1 aliphatic heterocycles. The van der Waals surface area contributed by atoms with Crippen molar-refractivity contribution in [3.8, 4) is 0 Å². The van der Waals surface area contributed by atoms with Gasteiger partial charge in [0, 0.05) is 11.8 Å². The second kappa shape index (κ2) is 8.30. The van der Waals surface area contributed by atoms with Crippen LogP contribution in [-0.2, 0) is 0 Å². The Balaban J connectivity index is 2.01. The van der Waals surface area contributed by atoms with Crippen LogP contribution < -0.4 is 21.4 Å². The molecule has 1 aliphatic rings. The molecule has 0 saturated heterocycles. The summed E-state index contributed by atoms with van der Waals surface area (Å²) >= 11 is 52.6. The van der Waals surface area contributed by atoms with Crippen molar-refractivity contribution in [3.63, 3.8) is 0 Å². The van der Waals surface area contributed by atoms with E-state index in [9.17, 15) is 0 Å². The van der Waals surface area contributed by atoms with Crippen molar-refractivity contribution in [1.29, 1.82) is 0 Å². The summed E-state index contributed by atoms with van der Waals surface area (Å²) in [7, 11) is 0. The Kier molecular flexibility index (Phi) is 5.89. The average molecular weight is 588 g/mol. The van der Waals surface area contributed by atoms with Crippen molar-refractivity contribution < 1.29 is 0 Å². The minimum Gasteiger partial charge on any atom is -0.353 e. The highest BCUT2D eigenvalue weighted by molar-refractivity contribution is 6.53. The molecule has 12 heteroatoms. The minimum atomic E-state index is 0.108. The summed E-state index contributed by atoms with van der Waals surface area (Å²) in [5.41, 5.74) is 2.00. The summed E-state index contributed by atoms with van der Waals surface area (Å²) in [6.45, 7) is 0. The number of hydrogen-bond donors (Lipinski definition) is 3. The number of nitrogens with zero attached hydrogens (tertiary/aromatic N) is 1. The Bertz CT molecular complexity index is 1660. The van der Waals surface area contributed by atoms with Gasteiger partial charge in [-0.1, -0.05) is 81.2 Å². The van der Waals surface area contributed by atoms with Crippen molar-refractivity contribution in [2.45, 2.75) is 0 Å².